The normalized spacial score (nSPS) is 10.3. The van der Waals surface area contributed by atoms with E-state index >= 15 is 0 Å². The van der Waals surface area contributed by atoms with Crippen LogP contribution in [0.3, 0.4) is 0 Å². The molecule has 0 unspecified atom stereocenters. The highest BCUT2D eigenvalue weighted by Crippen LogP contribution is 1.91. The quantitative estimate of drug-likeness (QED) is 0.409. The van der Waals surface area contributed by atoms with Crippen LogP contribution >= 0.6 is 0 Å². The van der Waals surface area contributed by atoms with Crippen molar-refractivity contribution in [1.29, 1.82) is 0 Å². The largest absolute Gasteiger partial charge is 0.463 e. The molecule has 56 valence electrons. The van der Waals surface area contributed by atoms with E-state index in [1.165, 1.54) is 6.26 Å². The molecule has 0 N–H and O–H groups in total. The molecule has 0 atom stereocenters. The highest BCUT2D eigenvalue weighted by Gasteiger charge is 1.87. The first kappa shape index (κ1) is 8.68. The summed E-state index contributed by atoms with van der Waals surface area (Å²) in [5, 5.41) is 0. The first-order valence-corrected chi connectivity index (χ1v) is 2.61. The van der Waals surface area contributed by atoms with Gasteiger partial charge in [0.1, 0.15) is 6.61 Å². The fourth-order valence-electron chi connectivity index (χ4n) is 0.343. The molecule has 0 rings (SSSR count). The van der Waals surface area contributed by atoms with Gasteiger partial charge < -0.3 is 9.47 Å². The Morgan fingerprint density at radius 3 is 2.60 bits per heavy atom. The summed E-state index contributed by atoms with van der Waals surface area (Å²) in [5.41, 5.74) is 0.666. The lowest BCUT2D eigenvalue weighted by molar-refractivity contribution is -0.127. The maximum absolute atomic E-state index is 9.62. The lowest BCUT2D eigenvalue weighted by Gasteiger charge is -1.95. The van der Waals surface area contributed by atoms with Gasteiger partial charge in [0.05, 0.1) is 6.26 Å². The van der Waals surface area contributed by atoms with E-state index in [0.29, 0.717) is 18.5 Å². The summed E-state index contributed by atoms with van der Waals surface area (Å²) in [6.45, 7) is 2.45. The van der Waals surface area contributed by atoms with Gasteiger partial charge in [-0.3, -0.25) is 9.59 Å². The molecule has 0 fully saturated rings. The van der Waals surface area contributed by atoms with Crippen LogP contribution in [0.2, 0.25) is 0 Å². The van der Waals surface area contributed by atoms with Crippen molar-refractivity contribution in [3.05, 3.63) is 11.8 Å². The van der Waals surface area contributed by atoms with Gasteiger partial charge in [0, 0.05) is 0 Å². The number of carbonyl (C=O) groups excluding carboxylic acids is 2. The zero-order valence-corrected chi connectivity index (χ0v) is 5.57. The maximum atomic E-state index is 9.62. The van der Waals surface area contributed by atoms with Crippen molar-refractivity contribution in [2.45, 2.75) is 6.92 Å². The van der Waals surface area contributed by atoms with E-state index in [0.717, 1.165) is 0 Å². The van der Waals surface area contributed by atoms with Gasteiger partial charge in [-0.25, -0.2) is 0 Å². The van der Waals surface area contributed by atoms with Crippen molar-refractivity contribution in [2.75, 3.05) is 6.61 Å². The average Bonchev–Trinajstić information content (AvgIpc) is 1.97. The average molecular weight is 144 g/mol. The molecule has 0 radical (unpaired) electrons. The van der Waals surface area contributed by atoms with Crippen LogP contribution in [-0.4, -0.2) is 19.6 Å². The number of hydrogen-bond acceptors (Lipinski definition) is 4. The van der Waals surface area contributed by atoms with Crippen LogP contribution in [0, 0.1) is 0 Å². The third-order valence-corrected chi connectivity index (χ3v) is 0.704. The molecule has 10 heavy (non-hydrogen) atoms. The van der Waals surface area contributed by atoms with Crippen LogP contribution < -0.4 is 0 Å². The fraction of sp³-hybridized carbons (Fsp3) is 0.333. The van der Waals surface area contributed by atoms with E-state index in [1.807, 2.05) is 0 Å². The summed E-state index contributed by atoms with van der Waals surface area (Å²) in [4.78, 5) is 19.2. The summed E-state index contributed by atoms with van der Waals surface area (Å²) in [7, 11) is 0. The van der Waals surface area contributed by atoms with Gasteiger partial charge >= 0.3 is 0 Å². The van der Waals surface area contributed by atoms with E-state index in [9.17, 15) is 9.59 Å². The van der Waals surface area contributed by atoms with E-state index in [4.69, 9.17) is 0 Å². The lowest BCUT2D eigenvalue weighted by atomic mass is 10.4. The van der Waals surface area contributed by atoms with Gasteiger partial charge in [-0.1, -0.05) is 0 Å². The first-order chi connectivity index (χ1) is 4.81. The van der Waals surface area contributed by atoms with Gasteiger partial charge in [0.15, 0.2) is 0 Å². The molecule has 0 aliphatic rings. The second-order valence-corrected chi connectivity index (χ2v) is 1.60. The van der Waals surface area contributed by atoms with Gasteiger partial charge in [-0.05, 0) is 12.5 Å². The second kappa shape index (κ2) is 5.81. The fourth-order valence-corrected chi connectivity index (χ4v) is 0.343. The molecule has 0 aromatic rings. The molecule has 0 aromatic heterocycles. The zero-order valence-electron chi connectivity index (χ0n) is 5.57. The Labute approximate surface area is 58.4 Å². The minimum atomic E-state index is 0.150. The van der Waals surface area contributed by atoms with E-state index in [-0.39, 0.29) is 6.61 Å². The molecule has 0 spiro atoms. The van der Waals surface area contributed by atoms with Crippen LogP contribution in [0.15, 0.2) is 11.8 Å². The molecule has 0 aliphatic carbocycles. The zero-order chi connectivity index (χ0) is 7.82. The van der Waals surface area contributed by atoms with E-state index in [1.54, 1.807) is 6.92 Å². The van der Waals surface area contributed by atoms with Gasteiger partial charge in [-0.2, -0.15) is 0 Å². The Morgan fingerprint density at radius 1 is 1.40 bits per heavy atom. The van der Waals surface area contributed by atoms with Crippen molar-refractivity contribution in [3.63, 3.8) is 0 Å². The van der Waals surface area contributed by atoms with Crippen molar-refractivity contribution in [3.8, 4) is 0 Å². The van der Waals surface area contributed by atoms with Crippen molar-refractivity contribution < 1.29 is 19.1 Å². The number of ether oxygens (including phenoxy) is 2. The molecule has 0 bridgehead atoms. The third-order valence-electron chi connectivity index (χ3n) is 0.704. The van der Waals surface area contributed by atoms with Crippen LogP contribution in [0.25, 0.3) is 0 Å². The molecular weight excluding hydrogens is 136 g/mol. The third kappa shape index (κ3) is 4.83. The number of rotatable bonds is 5. The Kier molecular flexibility index (Phi) is 5.04. The minimum Gasteiger partial charge on any atom is -0.463 e. The van der Waals surface area contributed by atoms with Crippen LogP contribution in [-0.2, 0) is 19.1 Å². The Hall–Kier alpha value is -1.32. The van der Waals surface area contributed by atoms with Crippen LogP contribution in [0.5, 0.6) is 0 Å². The first-order valence-electron chi connectivity index (χ1n) is 2.61. The molecule has 0 aliphatic heterocycles. The second-order valence-electron chi connectivity index (χ2n) is 1.60. The minimum absolute atomic E-state index is 0.150. The van der Waals surface area contributed by atoms with Crippen molar-refractivity contribution in [1.82, 2.24) is 0 Å². The number of carbonyl (C=O) groups is 2. The number of hydrogen-bond donors (Lipinski definition) is 0. The Bertz CT molecular complexity index is 139. The predicted octanol–water partition coefficient (Wildman–Crippen LogP) is 0.236. The summed E-state index contributed by atoms with van der Waals surface area (Å²) in [6, 6.07) is 0. The molecule has 0 aromatic carbocycles. The highest BCUT2D eigenvalue weighted by atomic mass is 16.5. The highest BCUT2D eigenvalue weighted by molar-refractivity contribution is 5.39. The summed E-state index contributed by atoms with van der Waals surface area (Å²) < 4.78 is 8.60. The van der Waals surface area contributed by atoms with Crippen molar-refractivity contribution in [2.24, 2.45) is 0 Å². The SMILES string of the molecule is C/C(=C/OC=O)COC=O. The molecule has 0 amide bonds. The monoisotopic (exact) mass is 144 g/mol. The van der Waals surface area contributed by atoms with E-state index in [2.05, 4.69) is 9.47 Å². The van der Waals surface area contributed by atoms with Crippen molar-refractivity contribution >= 4 is 12.9 Å². The summed E-state index contributed by atoms with van der Waals surface area (Å²) in [6.07, 6.45) is 1.22. The van der Waals surface area contributed by atoms with Gasteiger partial charge in [0.2, 0.25) is 0 Å². The topological polar surface area (TPSA) is 52.6 Å². The van der Waals surface area contributed by atoms with E-state index < -0.39 is 0 Å². The lowest BCUT2D eigenvalue weighted by Crippen LogP contribution is -1.93. The van der Waals surface area contributed by atoms with Gasteiger partial charge in [0.25, 0.3) is 12.9 Å². The standard InChI is InChI=1S/C6H8O4/c1-6(2-9-4-7)3-10-5-8/h2,4-5H,3H2,1H3/b6-2-. The molecule has 4 nitrogen and oxygen atoms in total. The van der Waals surface area contributed by atoms with Crippen LogP contribution in [0.1, 0.15) is 6.92 Å². The van der Waals surface area contributed by atoms with Crippen LogP contribution in [0.4, 0.5) is 0 Å². The smallest absolute Gasteiger partial charge is 0.297 e. The molecule has 0 saturated heterocycles. The summed E-state index contributed by atoms with van der Waals surface area (Å²) in [5.74, 6) is 0. The molecule has 0 saturated carbocycles. The summed E-state index contributed by atoms with van der Waals surface area (Å²) >= 11 is 0. The molecule has 0 heterocycles. The maximum Gasteiger partial charge on any atom is 0.297 e. The predicted molar refractivity (Wildman–Crippen MR) is 32.9 cm³/mol. The Balaban J connectivity index is 3.47. The molecule has 4 heteroatoms. The molecular formula is C6H8O4. The Morgan fingerprint density at radius 2 is 2.10 bits per heavy atom. The van der Waals surface area contributed by atoms with Gasteiger partial charge in [-0.15, -0.1) is 0 Å².